The molecule has 7 N–H and O–H groups in total. The summed E-state index contributed by atoms with van der Waals surface area (Å²) in [5, 5.41) is 14.2. The van der Waals surface area contributed by atoms with E-state index in [-0.39, 0.29) is 98.0 Å². The van der Waals surface area contributed by atoms with Crippen LogP contribution in [0.3, 0.4) is 0 Å². The maximum atomic E-state index is 16.8. The Morgan fingerprint density at radius 2 is 1.48 bits per heavy atom. The number of hydrogen-bond acceptors (Lipinski definition) is 16. The number of nitrogens with one attached hydrogen (secondary N) is 5. The molecular weight excluding hydrogens is 1340 g/mol. The molecule has 0 bridgehead atoms. The first-order valence-corrected chi connectivity index (χ1v) is 36.0. The van der Waals surface area contributed by atoms with Gasteiger partial charge in [-0.15, -0.1) is 11.3 Å². The molecule has 5 aromatic carbocycles. The molecule has 4 saturated heterocycles. The number of aryl methyl sites for hydroxylation is 1. The van der Waals surface area contributed by atoms with Crippen LogP contribution in [-0.4, -0.2) is 179 Å². The zero-order valence-electron chi connectivity index (χ0n) is 55.1. The van der Waals surface area contributed by atoms with Crippen LogP contribution in [-0.2, 0) is 63.2 Å². The summed E-state index contributed by atoms with van der Waals surface area (Å²) >= 11 is 0.882. The van der Waals surface area contributed by atoms with E-state index in [0.717, 1.165) is 65.1 Å². The van der Waals surface area contributed by atoms with Crippen molar-refractivity contribution >= 4 is 87.9 Å². The number of nitrogens with two attached hydrogens (primary N) is 1. The van der Waals surface area contributed by atoms with Crippen molar-refractivity contribution in [3.8, 4) is 11.5 Å². The van der Waals surface area contributed by atoms with E-state index in [1.165, 1.54) is 75.4 Å². The summed E-state index contributed by atoms with van der Waals surface area (Å²) in [6, 6.07) is 25.6. The van der Waals surface area contributed by atoms with Crippen molar-refractivity contribution < 1.29 is 74.3 Å². The molecule has 11 rings (SSSR count). The van der Waals surface area contributed by atoms with E-state index in [9.17, 15) is 51.7 Å². The molecule has 530 valence electrons. The minimum atomic E-state index is -5.43. The number of unbranched alkanes of at least 4 members (excludes halogenated alkanes) is 1. The second kappa shape index (κ2) is 32.0. The molecule has 6 aromatic rings. The first kappa shape index (κ1) is 72.0. The molecule has 5 aliphatic rings. The van der Waals surface area contributed by atoms with Crippen molar-refractivity contribution in [3.63, 3.8) is 0 Å². The van der Waals surface area contributed by atoms with Gasteiger partial charge in [0.1, 0.15) is 41.7 Å². The first-order chi connectivity index (χ1) is 48.0. The largest absolute Gasteiger partial charge is 0.504 e. The Kier molecular flexibility index (Phi) is 23.0. The third kappa shape index (κ3) is 17.0. The number of alkyl halides is 4. The summed E-state index contributed by atoms with van der Waals surface area (Å²) in [5.41, 5.74) is 4.41. The monoisotopic (exact) mass is 1420 g/mol. The van der Waals surface area contributed by atoms with E-state index < -0.39 is 116 Å². The Hall–Kier alpha value is -9.24. The SMILES string of the molecule is CCCCc1ccc(C[C@H](NC(=O)[C@H](CCC(N)=O)NC(=O)[C@@H]2CC[C@@H]3CCN(CC(F)F)C[C@H](NC(=O)c4cc5cc(C(F)(F)P(=O)(Oc6ccccc6)Oc6ccccc6)ccc5s4)C(=O)N32)C(=O)N2CCN(CCNc3cccc4c3CN(C3CCC(=O)NC3=O)C4=O)CC2)cc1. The van der Waals surface area contributed by atoms with Crippen molar-refractivity contribution in [1.29, 1.82) is 0 Å². The van der Waals surface area contributed by atoms with Crippen LogP contribution in [0.15, 0.2) is 127 Å². The van der Waals surface area contributed by atoms with Gasteiger partial charge in [-0.05, 0) is 116 Å². The van der Waals surface area contributed by atoms with Gasteiger partial charge in [-0.1, -0.05) is 86.1 Å². The number of nitrogens with zero attached hydrogens (tertiary/aromatic N) is 5. The number of amides is 9. The second-order valence-corrected chi connectivity index (χ2v) is 28.8. The molecule has 5 aliphatic heterocycles. The highest BCUT2D eigenvalue weighted by atomic mass is 32.1. The summed E-state index contributed by atoms with van der Waals surface area (Å²) in [6.45, 7) is 3.75. The van der Waals surface area contributed by atoms with Gasteiger partial charge >= 0.3 is 13.3 Å². The molecule has 1 aromatic heterocycles. The Balaban J connectivity index is 0.766. The van der Waals surface area contributed by atoms with Gasteiger partial charge in [-0.25, -0.2) is 13.3 Å². The fraction of sp³-hybridized carbons (Fsp3) is 0.423. The van der Waals surface area contributed by atoms with Crippen molar-refractivity contribution in [2.75, 3.05) is 64.2 Å². The summed E-state index contributed by atoms with van der Waals surface area (Å²) in [5.74, 6) is -5.87. The summed E-state index contributed by atoms with van der Waals surface area (Å²) < 4.78 is 87.6. The number of carbonyl (C=O) groups excluding carboxylic acids is 9. The topological polar surface area (TPSA) is 292 Å². The van der Waals surface area contributed by atoms with Gasteiger partial charge in [0, 0.05) is 111 Å². The van der Waals surface area contributed by atoms with Crippen molar-refractivity contribution in [2.24, 2.45) is 5.73 Å². The molecule has 0 radical (unpaired) electrons. The maximum Gasteiger partial charge on any atom is 0.504 e. The number of primary amides is 1. The molecule has 9 amide bonds. The molecule has 0 aliphatic carbocycles. The lowest BCUT2D eigenvalue weighted by atomic mass is 10.00. The molecule has 1 unspecified atom stereocenters. The Morgan fingerprint density at radius 3 is 2.15 bits per heavy atom. The van der Waals surface area contributed by atoms with E-state index in [4.69, 9.17) is 14.8 Å². The molecule has 4 fully saturated rings. The number of carbonyl (C=O) groups is 9. The second-order valence-electron chi connectivity index (χ2n) is 25.7. The third-order valence-corrected chi connectivity index (χ3v) is 21.8. The number of halogens is 4. The zero-order chi connectivity index (χ0) is 70.8. The number of rotatable bonds is 28. The van der Waals surface area contributed by atoms with E-state index in [2.05, 4.69) is 38.4 Å². The van der Waals surface area contributed by atoms with Gasteiger partial charge in [-0.3, -0.25) is 58.3 Å². The quantitative estimate of drug-likeness (QED) is 0.0157. The van der Waals surface area contributed by atoms with Crippen LogP contribution >= 0.6 is 18.9 Å². The van der Waals surface area contributed by atoms with Crippen LogP contribution in [0.25, 0.3) is 10.1 Å². The number of piperazine rings is 1. The molecule has 0 spiro atoms. The molecule has 6 heterocycles. The molecule has 100 heavy (non-hydrogen) atoms. The van der Waals surface area contributed by atoms with Gasteiger partial charge < -0.3 is 50.7 Å². The number of piperidine rings is 1. The molecule has 23 nitrogen and oxygen atoms in total. The number of para-hydroxylation sites is 2. The van der Waals surface area contributed by atoms with Crippen molar-refractivity contribution in [3.05, 3.63) is 160 Å². The fourth-order valence-corrected chi connectivity index (χ4v) is 16.0. The van der Waals surface area contributed by atoms with Gasteiger partial charge in [0.2, 0.25) is 41.4 Å². The van der Waals surface area contributed by atoms with Crippen molar-refractivity contribution in [2.45, 2.75) is 132 Å². The lowest BCUT2D eigenvalue weighted by Crippen LogP contribution is -2.62. The summed E-state index contributed by atoms with van der Waals surface area (Å²) in [6.07, 6.45) is 0.215. The minimum Gasteiger partial charge on any atom is -0.412 e. The van der Waals surface area contributed by atoms with E-state index >= 15 is 13.6 Å². The molecule has 0 saturated carbocycles. The van der Waals surface area contributed by atoms with Crippen LogP contribution in [0.2, 0.25) is 0 Å². The van der Waals surface area contributed by atoms with E-state index in [1.54, 1.807) is 29.2 Å². The molecular formula is C71H80F4N11O12PS. The fourth-order valence-electron chi connectivity index (χ4n) is 13.5. The Bertz CT molecular complexity index is 4010. The van der Waals surface area contributed by atoms with Crippen LogP contribution in [0.4, 0.5) is 23.2 Å². The predicted octanol–water partition coefficient (Wildman–Crippen LogP) is 7.57. The van der Waals surface area contributed by atoms with Crippen molar-refractivity contribution in [1.82, 2.24) is 45.8 Å². The standard InChI is InChI=1S/C71H80F4N11O12PS/c1-2-3-11-44-18-20-45(21-19-44)38-55(69(94)84-36-34-82(35-37-84)33-31-77-53-17-10-16-51-52(53)41-85(68(51)93)57-26-29-63(88)81-65(57)90)79-64(89)54(24-28-62(76)87)78-66(91)58-25-23-48-30-32-83(43-61(72)73)42-56(70(95)86(48)58)80-67(92)60-40-46-39-47(22-27-59(46)100-60)71(74,75)99(96,97-49-12-6-4-7-13-49)98-50-14-8-5-9-15-50/h4-10,12-22,27,39-40,48,54-58,61,77H,2-3,11,23-26,28-38,41-43H2,1H3,(H2,76,87)(H,78,91)(H,79,89)(H,80,92)(H,81,88,90)/t48-,54+,55+,56+,57?,58+/m1/s1. The predicted molar refractivity (Wildman–Crippen MR) is 364 cm³/mol. The van der Waals surface area contributed by atoms with Crippen LogP contribution < -0.4 is 41.4 Å². The van der Waals surface area contributed by atoms with Crippen LogP contribution in [0, 0.1) is 0 Å². The van der Waals surface area contributed by atoms with E-state index in [0.29, 0.717) is 49.5 Å². The third-order valence-electron chi connectivity index (χ3n) is 18.9. The minimum absolute atomic E-state index is 0.0355. The van der Waals surface area contributed by atoms with Crippen LogP contribution in [0.5, 0.6) is 11.5 Å². The number of fused-ring (bicyclic) bond motifs is 3. The lowest BCUT2D eigenvalue weighted by molar-refractivity contribution is -0.144. The highest BCUT2D eigenvalue weighted by molar-refractivity contribution is 7.55. The van der Waals surface area contributed by atoms with E-state index in [1.807, 2.05) is 30.3 Å². The number of imide groups is 1. The number of anilines is 1. The number of hydrogen-bond donors (Lipinski definition) is 6. The van der Waals surface area contributed by atoms with Gasteiger partial charge in [0.15, 0.2) is 0 Å². The first-order valence-electron chi connectivity index (χ1n) is 33.7. The smallest absolute Gasteiger partial charge is 0.412 e. The normalized spacial score (nSPS) is 19.8. The van der Waals surface area contributed by atoms with Gasteiger partial charge in [0.05, 0.1) is 11.4 Å². The Morgan fingerprint density at radius 1 is 0.780 bits per heavy atom. The lowest BCUT2D eigenvalue weighted by Gasteiger charge is -2.39. The maximum absolute atomic E-state index is 16.8. The number of benzene rings is 5. The number of thiophene rings is 1. The molecule has 6 atom stereocenters. The highest BCUT2D eigenvalue weighted by Crippen LogP contribution is 2.66. The highest BCUT2D eigenvalue weighted by Gasteiger charge is 2.58. The average Bonchev–Trinajstić information content (AvgIpc) is 1.16. The van der Waals surface area contributed by atoms with Gasteiger partial charge in [0.25, 0.3) is 18.2 Å². The Labute approximate surface area is 579 Å². The molecule has 29 heteroatoms. The average molecular weight is 1420 g/mol. The zero-order valence-corrected chi connectivity index (χ0v) is 56.8. The van der Waals surface area contributed by atoms with Crippen LogP contribution in [0.1, 0.15) is 107 Å². The summed E-state index contributed by atoms with van der Waals surface area (Å²) in [4.78, 5) is 132. The van der Waals surface area contributed by atoms with Gasteiger partial charge in [-0.2, -0.15) is 8.78 Å². The summed E-state index contributed by atoms with van der Waals surface area (Å²) in [7, 11) is -5.43.